The predicted octanol–water partition coefficient (Wildman–Crippen LogP) is 2.78. The first-order valence-corrected chi connectivity index (χ1v) is 8.88. The maximum atomic E-state index is 12.2. The molecule has 0 spiro atoms. The van der Waals surface area contributed by atoms with Crippen molar-refractivity contribution in [2.24, 2.45) is 0 Å². The number of carboxylic acid groups (broad SMARTS) is 1. The van der Waals surface area contributed by atoms with Crippen LogP contribution in [0.15, 0.2) is 41.6 Å². The number of hydroxylamine groups is 1. The Hall–Kier alpha value is -2.03. The zero-order valence-corrected chi connectivity index (χ0v) is 14.8. The zero-order valence-electron chi connectivity index (χ0n) is 13.2. The van der Waals surface area contributed by atoms with Crippen LogP contribution in [-0.2, 0) is 14.7 Å². The molecule has 0 amide bonds. The monoisotopic (exact) mass is 375 g/mol. The highest BCUT2D eigenvalue weighted by Gasteiger charge is 2.24. The third kappa shape index (κ3) is 4.98. The Morgan fingerprint density at radius 2 is 2.12 bits per heavy atom. The number of hydrogen-bond donors (Lipinski definition) is 2. The smallest absolute Gasteiger partial charge is 0.337 e. The van der Waals surface area contributed by atoms with Gasteiger partial charge in [-0.15, -0.1) is 6.58 Å². The number of hydrogen-bond acceptors (Lipinski definition) is 6. The standard InChI is InChI=1S/C15H18ClNO6S/c1-4-8-23-17-10(3)9-22-14-12(24(20,21)5-2)7-6-11(13(14)16)15(18)19/h4,6-7,9,17H,1,5,8H2,2-3H3,(H,18,19). The van der Waals surface area contributed by atoms with Crippen LogP contribution in [0.5, 0.6) is 5.75 Å². The van der Waals surface area contributed by atoms with Crippen LogP contribution in [0, 0.1) is 0 Å². The Balaban J connectivity index is 3.27. The molecular weight excluding hydrogens is 358 g/mol. The molecule has 1 aromatic rings. The number of carboxylic acids is 1. The van der Waals surface area contributed by atoms with Crippen LogP contribution < -0.4 is 10.2 Å². The van der Waals surface area contributed by atoms with Gasteiger partial charge < -0.3 is 9.84 Å². The van der Waals surface area contributed by atoms with Gasteiger partial charge in [0, 0.05) is 0 Å². The third-order valence-electron chi connectivity index (χ3n) is 2.79. The maximum absolute atomic E-state index is 12.2. The van der Waals surface area contributed by atoms with Crippen molar-refractivity contribution >= 4 is 27.4 Å². The molecule has 0 aliphatic rings. The van der Waals surface area contributed by atoms with E-state index in [1.807, 2.05) is 0 Å². The molecule has 0 atom stereocenters. The molecule has 0 aliphatic heterocycles. The van der Waals surface area contributed by atoms with Gasteiger partial charge in [0.1, 0.15) is 11.2 Å². The van der Waals surface area contributed by atoms with Crippen molar-refractivity contribution in [3.63, 3.8) is 0 Å². The molecule has 0 aromatic heterocycles. The number of aromatic carboxylic acids is 1. The average Bonchev–Trinajstić information content (AvgIpc) is 2.53. The lowest BCUT2D eigenvalue weighted by Gasteiger charge is -2.13. The third-order valence-corrected chi connectivity index (χ3v) is 4.92. The second kappa shape index (κ2) is 8.72. The van der Waals surface area contributed by atoms with Gasteiger partial charge in [-0.3, -0.25) is 10.3 Å². The van der Waals surface area contributed by atoms with E-state index < -0.39 is 15.8 Å². The molecule has 9 heteroatoms. The quantitative estimate of drug-likeness (QED) is 0.296. The summed E-state index contributed by atoms with van der Waals surface area (Å²) in [6.07, 6.45) is 2.70. The molecule has 1 rings (SSSR count). The van der Waals surface area contributed by atoms with Gasteiger partial charge in [0.15, 0.2) is 15.6 Å². The van der Waals surface area contributed by atoms with Gasteiger partial charge in [0.05, 0.1) is 28.6 Å². The lowest BCUT2D eigenvalue weighted by molar-refractivity contribution is 0.0696. The Labute approximate surface area is 145 Å². The minimum atomic E-state index is -3.66. The van der Waals surface area contributed by atoms with E-state index in [2.05, 4.69) is 12.1 Å². The molecule has 2 N–H and O–H groups in total. The summed E-state index contributed by atoms with van der Waals surface area (Å²) >= 11 is 6.02. The first-order valence-electron chi connectivity index (χ1n) is 6.85. The van der Waals surface area contributed by atoms with Crippen LogP contribution in [0.25, 0.3) is 0 Å². The van der Waals surface area contributed by atoms with Gasteiger partial charge in [0.25, 0.3) is 0 Å². The minimum Gasteiger partial charge on any atom is -0.478 e. The fourth-order valence-corrected chi connectivity index (χ4v) is 2.96. The van der Waals surface area contributed by atoms with E-state index in [1.54, 1.807) is 6.92 Å². The molecule has 1 aromatic carbocycles. The number of allylic oxidation sites excluding steroid dienone is 1. The van der Waals surface area contributed by atoms with E-state index in [9.17, 15) is 13.2 Å². The van der Waals surface area contributed by atoms with E-state index in [1.165, 1.54) is 19.3 Å². The molecule has 0 radical (unpaired) electrons. The topological polar surface area (TPSA) is 102 Å². The van der Waals surface area contributed by atoms with Crippen LogP contribution in [0.2, 0.25) is 5.02 Å². The fraction of sp³-hybridized carbons (Fsp3) is 0.267. The summed E-state index contributed by atoms with van der Waals surface area (Å²) in [6.45, 7) is 6.79. The SMILES string of the molecule is C=CCONC(C)=COc1c(S(=O)(=O)CC)ccc(C(=O)O)c1Cl. The number of ether oxygens (including phenoxy) is 1. The summed E-state index contributed by atoms with van der Waals surface area (Å²) in [7, 11) is -3.66. The second-order valence-corrected chi connectivity index (χ2v) is 7.21. The van der Waals surface area contributed by atoms with Crippen LogP contribution in [0.1, 0.15) is 24.2 Å². The first-order chi connectivity index (χ1) is 11.2. The first kappa shape index (κ1) is 20.0. The number of carbonyl (C=O) groups is 1. The highest BCUT2D eigenvalue weighted by molar-refractivity contribution is 7.91. The van der Waals surface area contributed by atoms with Crippen LogP contribution in [0.4, 0.5) is 0 Å². The van der Waals surface area contributed by atoms with E-state index in [4.69, 9.17) is 26.3 Å². The molecule has 0 fully saturated rings. The summed E-state index contributed by atoms with van der Waals surface area (Å²) < 4.78 is 29.6. The van der Waals surface area contributed by atoms with Gasteiger partial charge >= 0.3 is 5.97 Å². The molecule has 0 unspecified atom stereocenters. The Kier molecular flexibility index (Phi) is 7.27. The molecule has 0 bridgehead atoms. The summed E-state index contributed by atoms with van der Waals surface area (Å²) in [6, 6.07) is 2.29. The average molecular weight is 376 g/mol. The van der Waals surface area contributed by atoms with Gasteiger partial charge in [-0.2, -0.15) is 0 Å². The van der Waals surface area contributed by atoms with Crippen molar-refractivity contribution in [1.29, 1.82) is 0 Å². The van der Waals surface area contributed by atoms with Crippen molar-refractivity contribution in [3.05, 3.63) is 47.3 Å². The van der Waals surface area contributed by atoms with E-state index in [-0.39, 0.29) is 33.6 Å². The summed E-state index contributed by atoms with van der Waals surface area (Å²) in [5.41, 5.74) is 2.69. The Bertz CT molecular complexity index is 757. The highest BCUT2D eigenvalue weighted by atomic mass is 35.5. The number of benzene rings is 1. The fourth-order valence-electron chi connectivity index (χ4n) is 1.60. The van der Waals surface area contributed by atoms with Crippen molar-refractivity contribution in [2.75, 3.05) is 12.4 Å². The molecule has 24 heavy (non-hydrogen) atoms. The second-order valence-electron chi connectivity index (χ2n) is 4.58. The molecular formula is C15H18ClNO6S. The van der Waals surface area contributed by atoms with Crippen LogP contribution >= 0.6 is 11.6 Å². The van der Waals surface area contributed by atoms with Crippen molar-refractivity contribution in [1.82, 2.24) is 5.48 Å². The van der Waals surface area contributed by atoms with E-state index in [0.29, 0.717) is 5.70 Å². The highest BCUT2D eigenvalue weighted by Crippen LogP contribution is 2.36. The van der Waals surface area contributed by atoms with Gasteiger partial charge in [-0.25, -0.2) is 13.2 Å². The number of halogens is 1. The zero-order chi connectivity index (χ0) is 18.3. The maximum Gasteiger partial charge on any atom is 0.337 e. The molecule has 0 saturated carbocycles. The molecule has 132 valence electrons. The van der Waals surface area contributed by atoms with Crippen LogP contribution in [-0.4, -0.2) is 31.9 Å². The summed E-state index contributed by atoms with van der Waals surface area (Å²) in [5, 5.41) is 8.82. The Morgan fingerprint density at radius 3 is 2.67 bits per heavy atom. The van der Waals surface area contributed by atoms with Crippen molar-refractivity contribution in [3.8, 4) is 5.75 Å². The van der Waals surface area contributed by atoms with E-state index in [0.717, 1.165) is 12.1 Å². The molecule has 0 heterocycles. The number of rotatable bonds is 9. The van der Waals surface area contributed by atoms with Crippen molar-refractivity contribution < 1.29 is 27.9 Å². The minimum absolute atomic E-state index is 0.184. The lowest BCUT2D eigenvalue weighted by atomic mass is 10.2. The largest absolute Gasteiger partial charge is 0.478 e. The molecule has 7 nitrogen and oxygen atoms in total. The van der Waals surface area contributed by atoms with Crippen LogP contribution in [0.3, 0.4) is 0 Å². The van der Waals surface area contributed by atoms with Crippen molar-refractivity contribution in [2.45, 2.75) is 18.7 Å². The number of nitrogens with one attached hydrogen (secondary N) is 1. The summed E-state index contributed by atoms with van der Waals surface area (Å²) in [5.74, 6) is -1.73. The van der Waals surface area contributed by atoms with Gasteiger partial charge in [-0.05, 0) is 19.1 Å². The lowest BCUT2D eigenvalue weighted by Crippen LogP contribution is -2.13. The molecule has 0 aliphatic carbocycles. The normalized spacial score (nSPS) is 11.9. The number of sulfone groups is 1. The predicted molar refractivity (Wildman–Crippen MR) is 89.8 cm³/mol. The Morgan fingerprint density at radius 1 is 1.46 bits per heavy atom. The van der Waals surface area contributed by atoms with Gasteiger partial charge in [-0.1, -0.05) is 24.6 Å². The van der Waals surface area contributed by atoms with E-state index >= 15 is 0 Å². The summed E-state index contributed by atoms with van der Waals surface area (Å²) in [4.78, 5) is 16.0. The van der Waals surface area contributed by atoms with Gasteiger partial charge in [0.2, 0.25) is 0 Å². The molecule has 0 saturated heterocycles.